The molecule has 29 heavy (non-hydrogen) atoms. The summed E-state index contributed by atoms with van der Waals surface area (Å²) in [5.41, 5.74) is 7.81. The van der Waals surface area contributed by atoms with Crippen molar-refractivity contribution in [2.75, 3.05) is 0 Å². The Labute approximate surface area is 174 Å². The van der Waals surface area contributed by atoms with Crippen LogP contribution in [0, 0.1) is 27.7 Å². The Morgan fingerprint density at radius 1 is 0.552 bits per heavy atom. The summed E-state index contributed by atoms with van der Waals surface area (Å²) in [5.74, 6) is 0. The number of ether oxygens (including phenoxy) is 1. The largest absolute Gasteiger partial charge is 0.366 e. The third kappa shape index (κ3) is 3.45. The standard InChI is InChI=1S/C28H30O/c1-17-15-27(19(3)25-13-9-7-11-23(17)25)21(5)29-22(6)28-16-18(2)24-12-8-10-14-26(24)20(28)4/h7-16,21-22H,1-6H3. The van der Waals surface area contributed by atoms with E-state index in [1.165, 1.54) is 54.9 Å². The molecule has 0 aliphatic carbocycles. The fourth-order valence-corrected chi connectivity index (χ4v) is 4.75. The van der Waals surface area contributed by atoms with Gasteiger partial charge in [0.2, 0.25) is 0 Å². The van der Waals surface area contributed by atoms with Gasteiger partial charge in [-0.25, -0.2) is 0 Å². The van der Waals surface area contributed by atoms with Crippen LogP contribution in [0.4, 0.5) is 0 Å². The molecule has 0 aliphatic rings. The highest BCUT2D eigenvalue weighted by Gasteiger charge is 2.19. The maximum absolute atomic E-state index is 6.59. The van der Waals surface area contributed by atoms with E-state index in [4.69, 9.17) is 4.74 Å². The Balaban J connectivity index is 1.70. The highest BCUT2D eigenvalue weighted by atomic mass is 16.5. The lowest BCUT2D eigenvalue weighted by Gasteiger charge is -2.25. The van der Waals surface area contributed by atoms with E-state index in [0.29, 0.717) is 0 Å². The van der Waals surface area contributed by atoms with Crippen LogP contribution in [0.5, 0.6) is 0 Å². The average Bonchev–Trinajstić information content (AvgIpc) is 2.73. The molecule has 0 saturated carbocycles. The van der Waals surface area contributed by atoms with Crippen molar-refractivity contribution < 1.29 is 4.74 Å². The van der Waals surface area contributed by atoms with Crippen molar-refractivity contribution in [3.05, 3.63) is 94.0 Å². The first-order chi connectivity index (χ1) is 13.9. The quantitative estimate of drug-likeness (QED) is 0.347. The van der Waals surface area contributed by atoms with Crippen LogP contribution in [0.3, 0.4) is 0 Å². The summed E-state index contributed by atoms with van der Waals surface area (Å²) >= 11 is 0. The van der Waals surface area contributed by atoms with Crippen molar-refractivity contribution >= 4 is 21.5 Å². The molecule has 1 nitrogen and oxygen atoms in total. The Morgan fingerprint density at radius 3 is 1.28 bits per heavy atom. The zero-order valence-corrected chi connectivity index (χ0v) is 18.3. The van der Waals surface area contributed by atoms with Gasteiger partial charge in [-0.3, -0.25) is 0 Å². The predicted molar refractivity (Wildman–Crippen MR) is 125 cm³/mol. The summed E-state index contributed by atoms with van der Waals surface area (Å²) in [7, 11) is 0. The molecule has 4 aromatic rings. The number of hydrogen-bond donors (Lipinski definition) is 0. The topological polar surface area (TPSA) is 9.23 Å². The molecule has 148 valence electrons. The average molecular weight is 383 g/mol. The van der Waals surface area contributed by atoms with E-state index in [-0.39, 0.29) is 12.2 Å². The fraction of sp³-hybridized carbons (Fsp3) is 0.286. The lowest BCUT2D eigenvalue weighted by atomic mass is 9.92. The molecule has 0 saturated heterocycles. The Bertz CT molecular complexity index is 1110. The van der Waals surface area contributed by atoms with Crippen molar-refractivity contribution in [2.45, 2.75) is 53.8 Å². The maximum Gasteiger partial charge on any atom is 0.0807 e. The lowest BCUT2D eigenvalue weighted by molar-refractivity contribution is 0.00534. The van der Waals surface area contributed by atoms with Gasteiger partial charge in [-0.05, 0) is 96.5 Å². The van der Waals surface area contributed by atoms with Crippen LogP contribution in [0.1, 0.15) is 59.4 Å². The molecule has 4 aromatic carbocycles. The summed E-state index contributed by atoms with van der Waals surface area (Å²) in [6.07, 6.45) is 0.0546. The molecule has 0 heterocycles. The van der Waals surface area contributed by atoms with Gasteiger partial charge in [0.15, 0.2) is 0 Å². The van der Waals surface area contributed by atoms with Crippen LogP contribution in [0.25, 0.3) is 21.5 Å². The van der Waals surface area contributed by atoms with Crippen LogP contribution in [0.15, 0.2) is 60.7 Å². The number of benzene rings is 4. The van der Waals surface area contributed by atoms with Gasteiger partial charge in [0, 0.05) is 0 Å². The molecular weight excluding hydrogens is 352 g/mol. The molecule has 4 rings (SSSR count). The first-order valence-corrected chi connectivity index (χ1v) is 10.5. The third-order valence-corrected chi connectivity index (χ3v) is 6.41. The van der Waals surface area contributed by atoms with Crippen molar-refractivity contribution in [2.24, 2.45) is 0 Å². The normalized spacial score (nSPS) is 13.7. The number of rotatable bonds is 4. The third-order valence-electron chi connectivity index (χ3n) is 6.41. The van der Waals surface area contributed by atoms with E-state index < -0.39 is 0 Å². The first kappa shape index (κ1) is 19.7. The number of fused-ring (bicyclic) bond motifs is 2. The van der Waals surface area contributed by atoms with E-state index in [9.17, 15) is 0 Å². The van der Waals surface area contributed by atoms with Crippen molar-refractivity contribution in [1.29, 1.82) is 0 Å². The molecule has 2 unspecified atom stereocenters. The van der Waals surface area contributed by atoms with Gasteiger partial charge in [0.05, 0.1) is 12.2 Å². The van der Waals surface area contributed by atoms with Gasteiger partial charge in [-0.2, -0.15) is 0 Å². The highest BCUT2D eigenvalue weighted by molar-refractivity contribution is 5.90. The van der Waals surface area contributed by atoms with Crippen LogP contribution < -0.4 is 0 Å². The molecule has 0 aliphatic heterocycles. The zero-order valence-electron chi connectivity index (χ0n) is 18.3. The van der Waals surface area contributed by atoms with E-state index in [0.717, 1.165) is 0 Å². The summed E-state index contributed by atoms with van der Waals surface area (Å²) in [6, 6.07) is 21.9. The molecule has 0 aromatic heterocycles. The molecule has 0 spiro atoms. The van der Waals surface area contributed by atoms with Crippen molar-refractivity contribution in [3.8, 4) is 0 Å². The van der Waals surface area contributed by atoms with Crippen LogP contribution >= 0.6 is 0 Å². The molecule has 0 radical (unpaired) electrons. The molecular formula is C28H30O. The summed E-state index contributed by atoms with van der Waals surface area (Å²) < 4.78 is 6.59. The first-order valence-electron chi connectivity index (χ1n) is 10.5. The van der Waals surface area contributed by atoms with Crippen LogP contribution in [-0.4, -0.2) is 0 Å². The van der Waals surface area contributed by atoms with Crippen LogP contribution in [0.2, 0.25) is 0 Å². The summed E-state index contributed by atoms with van der Waals surface area (Å²) in [6.45, 7) is 13.2. The van der Waals surface area contributed by atoms with Crippen molar-refractivity contribution in [3.63, 3.8) is 0 Å². The molecule has 0 bridgehead atoms. The smallest absolute Gasteiger partial charge is 0.0807 e. The minimum atomic E-state index is 0.0273. The minimum Gasteiger partial charge on any atom is -0.366 e. The van der Waals surface area contributed by atoms with Gasteiger partial charge in [0.25, 0.3) is 0 Å². The molecule has 1 heteroatoms. The predicted octanol–water partition coefficient (Wildman–Crippen LogP) is 8.07. The second-order valence-electron chi connectivity index (χ2n) is 8.33. The van der Waals surface area contributed by atoms with Gasteiger partial charge < -0.3 is 4.74 Å². The fourth-order valence-electron chi connectivity index (χ4n) is 4.75. The Hall–Kier alpha value is -2.64. The summed E-state index contributed by atoms with van der Waals surface area (Å²) in [5, 5.41) is 5.30. The van der Waals surface area contributed by atoms with Crippen molar-refractivity contribution in [1.82, 2.24) is 0 Å². The number of aryl methyl sites for hydroxylation is 4. The Kier molecular flexibility index (Phi) is 5.19. The minimum absolute atomic E-state index is 0.0273. The summed E-state index contributed by atoms with van der Waals surface area (Å²) in [4.78, 5) is 0. The highest BCUT2D eigenvalue weighted by Crippen LogP contribution is 2.36. The maximum atomic E-state index is 6.59. The van der Waals surface area contributed by atoms with Gasteiger partial charge in [0.1, 0.15) is 0 Å². The molecule has 0 fully saturated rings. The molecule has 2 atom stereocenters. The second kappa shape index (κ2) is 7.65. The molecule has 0 amide bonds. The monoisotopic (exact) mass is 382 g/mol. The number of hydrogen-bond acceptors (Lipinski definition) is 1. The SMILES string of the molecule is Cc1cc(C(C)OC(C)c2cc(C)c3ccccc3c2C)c(C)c2ccccc12. The van der Waals surface area contributed by atoms with Gasteiger partial charge in [-0.15, -0.1) is 0 Å². The van der Waals surface area contributed by atoms with Gasteiger partial charge in [-0.1, -0.05) is 60.7 Å². The van der Waals surface area contributed by atoms with E-state index >= 15 is 0 Å². The van der Waals surface area contributed by atoms with E-state index in [1.54, 1.807) is 0 Å². The molecule has 0 N–H and O–H groups in total. The Morgan fingerprint density at radius 2 is 0.897 bits per heavy atom. The van der Waals surface area contributed by atoms with E-state index in [2.05, 4.69) is 102 Å². The van der Waals surface area contributed by atoms with Gasteiger partial charge >= 0.3 is 0 Å². The van der Waals surface area contributed by atoms with E-state index in [1.807, 2.05) is 0 Å². The zero-order chi connectivity index (χ0) is 20.7. The second-order valence-corrected chi connectivity index (χ2v) is 8.33. The lowest BCUT2D eigenvalue weighted by Crippen LogP contribution is -2.09. The van der Waals surface area contributed by atoms with Crippen LogP contribution in [-0.2, 0) is 4.74 Å².